The van der Waals surface area contributed by atoms with Gasteiger partial charge in [0.2, 0.25) is 0 Å². The Bertz CT molecular complexity index is 448. The standard InChI is InChI=1S/C20H34OSi2/c1-7-18(21-23(5,6)20(2,3)4)14-10-9-13-17-22-19-15-11-8-12-16-19/h7-8,11-12,15-16,18H,1,9-10,13-14,17H2,2-6H3. The van der Waals surface area contributed by atoms with Crippen molar-refractivity contribution >= 4 is 23.0 Å². The van der Waals surface area contributed by atoms with Gasteiger partial charge in [0.25, 0.3) is 0 Å². The van der Waals surface area contributed by atoms with Gasteiger partial charge >= 0.3 is 0 Å². The number of benzene rings is 1. The van der Waals surface area contributed by atoms with Crippen molar-refractivity contribution < 1.29 is 4.43 Å². The summed E-state index contributed by atoms with van der Waals surface area (Å²) in [5.41, 5.74) is 0. The van der Waals surface area contributed by atoms with Crippen LogP contribution in [0.4, 0.5) is 0 Å². The molecule has 0 fully saturated rings. The fourth-order valence-electron chi connectivity index (χ4n) is 2.22. The first-order chi connectivity index (χ1) is 10.8. The summed E-state index contributed by atoms with van der Waals surface area (Å²) in [6, 6.07) is 12.1. The number of hydrogen-bond acceptors (Lipinski definition) is 1. The summed E-state index contributed by atoms with van der Waals surface area (Å²) in [7, 11) is -0.729. The van der Waals surface area contributed by atoms with Gasteiger partial charge in [-0.05, 0) is 24.6 Å². The van der Waals surface area contributed by atoms with Gasteiger partial charge in [0.1, 0.15) is 0 Å². The molecular formula is C20H34OSi2. The van der Waals surface area contributed by atoms with Crippen LogP contribution in [0.25, 0.3) is 0 Å². The predicted octanol–water partition coefficient (Wildman–Crippen LogP) is 5.57. The normalized spacial score (nSPS) is 13.8. The maximum atomic E-state index is 6.45. The van der Waals surface area contributed by atoms with Crippen LogP contribution in [0.1, 0.15) is 46.5 Å². The lowest BCUT2D eigenvalue weighted by molar-refractivity contribution is 0.211. The Morgan fingerprint density at radius 2 is 1.78 bits per heavy atom. The highest BCUT2D eigenvalue weighted by atomic mass is 28.4. The fraction of sp³-hybridized carbons (Fsp3) is 0.600. The average Bonchev–Trinajstić information content (AvgIpc) is 2.49. The Labute approximate surface area is 147 Å². The second-order valence-electron chi connectivity index (χ2n) is 7.79. The van der Waals surface area contributed by atoms with Crippen molar-refractivity contribution in [3.05, 3.63) is 43.0 Å². The third kappa shape index (κ3) is 7.64. The van der Waals surface area contributed by atoms with Crippen molar-refractivity contribution in [1.29, 1.82) is 0 Å². The molecule has 0 aliphatic rings. The summed E-state index contributed by atoms with van der Waals surface area (Å²) in [6.45, 7) is 15.5. The summed E-state index contributed by atoms with van der Waals surface area (Å²) < 4.78 is 6.45. The van der Waals surface area contributed by atoms with Crippen LogP contribution in [0.3, 0.4) is 0 Å². The molecule has 3 heteroatoms. The van der Waals surface area contributed by atoms with Crippen LogP contribution in [0.15, 0.2) is 43.0 Å². The topological polar surface area (TPSA) is 9.23 Å². The molecule has 128 valence electrons. The highest BCUT2D eigenvalue weighted by Crippen LogP contribution is 2.37. The molecule has 0 N–H and O–H groups in total. The molecule has 1 atom stereocenters. The maximum absolute atomic E-state index is 6.45. The highest BCUT2D eigenvalue weighted by molar-refractivity contribution is 6.74. The van der Waals surface area contributed by atoms with Crippen LogP contribution in [0, 0.1) is 0 Å². The Morgan fingerprint density at radius 1 is 1.13 bits per heavy atom. The third-order valence-electron chi connectivity index (χ3n) is 4.78. The van der Waals surface area contributed by atoms with Crippen LogP contribution in [-0.4, -0.2) is 23.9 Å². The summed E-state index contributed by atoms with van der Waals surface area (Å²) in [5, 5.41) is 1.75. The van der Waals surface area contributed by atoms with Crippen LogP contribution < -0.4 is 5.19 Å². The first kappa shape index (κ1) is 20.4. The monoisotopic (exact) mass is 346 g/mol. The van der Waals surface area contributed by atoms with E-state index in [1.54, 1.807) is 0 Å². The Morgan fingerprint density at radius 3 is 2.35 bits per heavy atom. The van der Waals surface area contributed by atoms with E-state index in [-0.39, 0.29) is 11.1 Å². The average molecular weight is 347 g/mol. The number of rotatable bonds is 10. The van der Waals surface area contributed by atoms with E-state index in [1.807, 2.05) is 6.08 Å². The van der Waals surface area contributed by atoms with Gasteiger partial charge in [-0.15, -0.1) is 6.58 Å². The molecule has 0 bridgehead atoms. The fourth-order valence-corrected chi connectivity index (χ4v) is 4.68. The molecule has 0 spiro atoms. The van der Waals surface area contributed by atoms with Gasteiger partial charge in [-0.2, -0.15) is 0 Å². The molecule has 0 aromatic heterocycles. The molecule has 0 aliphatic carbocycles. The SMILES string of the molecule is C=CC(CCCCC[Si]c1ccccc1)O[Si](C)(C)C(C)(C)C. The van der Waals surface area contributed by atoms with E-state index >= 15 is 0 Å². The maximum Gasteiger partial charge on any atom is 0.192 e. The van der Waals surface area contributed by atoms with E-state index in [4.69, 9.17) is 4.43 Å². The van der Waals surface area contributed by atoms with Crippen LogP contribution in [0.2, 0.25) is 24.2 Å². The zero-order chi connectivity index (χ0) is 17.3. The third-order valence-corrected chi connectivity index (χ3v) is 10.6. The Balaban J connectivity index is 2.21. The molecule has 0 heterocycles. The smallest absolute Gasteiger partial charge is 0.192 e. The minimum Gasteiger partial charge on any atom is -0.411 e. The lowest BCUT2D eigenvalue weighted by Crippen LogP contribution is -2.43. The number of hydrogen-bond donors (Lipinski definition) is 0. The quantitative estimate of drug-likeness (QED) is 0.306. The summed E-state index contributed by atoms with van der Waals surface area (Å²) in [5.74, 6) is 0. The van der Waals surface area contributed by atoms with Crippen molar-refractivity contribution in [3.8, 4) is 0 Å². The zero-order valence-corrected chi connectivity index (χ0v) is 17.7. The molecule has 0 saturated heterocycles. The van der Waals surface area contributed by atoms with Crippen LogP contribution >= 0.6 is 0 Å². The lowest BCUT2D eigenvalue weighted by Gasteiger charge is -2.38. The molecule has 1 aromatic rings. The van der Waals surface area contributed by atoms with Crippen LogP contribution in [0.5, 0.6) is 0 Å². The van der Waals surface area contributed by atoms with Gasteiger partial charge < -0.3 is 4.43 Å². The van der Waals surface area contributed by atoms with E-state index in [9.17, 15) is 0 Å². The molecule has 1 aromatic carbocycles. The predicted molar refractivity (Wildman–Crippen MR) is 107 cm³/mol. The van der Waals surface area contributed by atoms with Crippen molar-refractivity contribution in [2.24, 2.45) is 0 Å². The van der Waals surface area contributed by atoms with Gasteiger partial charge in [-0.1, -0.05) is 87.7 Å². The molecule has 0 saturated carbocycles. The van der Waals surface area contributed by atoms with E-state index < -0.39 is 8.32 Å². The van der Waals surface area contributed by atoms with Gasteiger partial charge in [-0.25, -0.2) is 0 Å². The molecule has 1 unspecified atom stereocenters. The van der Waals surface area contributed by atoms with E-state index in [1.165, 1.54) is 30.5 Å². The van der Waals surface area contributed by atoms with Gasteiger partial charge in [0, 0.05) is 0 Å². The largest absolute Gasteiger partial charge is 0.411 e. The minimum atomic E-state index is -1.68. The second-order valence-corrected chi connectivity index (χ2v) is 14.0. The van der Waals surface area contributed by atoms with E-state index in [0.29, 0.717) is 0 Å². The first-order valence-corrected chi connectivity index (χ1v) is 13.0. The highest BCUT2D eigenvalue weighted by Gasteiger charge is 2.38. The summed E-state index contributed by atoms with van der Waals surface area (Å²) in [4.78, 5) is 0. The Kier molecular flexibility index (Phi) is 8.52. The van der Waals surface area contributed by atoms with Gasteiger partial charge in [0.15, 0.2) is 8.32 Å². The molecule has 0 amide bonds. The van der Waals surface area contributed by atoms with E-state index in [2.05, 4.69) is 70.8 Å². The first-order valence-electron chi connectivity index (χ1n) is 8.85. The second kappa shape index (κ2) is 9.60. The van der Waals surface area contributed by atoms with Crippen molar-refractivity contribution in [2.75, 3.05) is 0 Å². The summed E-state index contributed by atoms with van der Waals surface area (Å²) in [6.07, 6.45) is 7.20. The van der Waals surface area contributed by atoms with Crippen LogP contribution in [-0.2, 0) is 4.43 Å². The van der Waals surface area contributed by atoms with Gasteiger partial charge in [0.05, 0.1) is 15.6 Å². The van der Waals surface area contributed by atoms with Crippen molar-refractivity contribution in [2.45, 2.75) is 76.7 Å². The number of unbranched alkanes of at least 4 members (excludes halogenated alkanes) is 2. The molecule has 0 aliphatic heterocycles. The summed E-state index contributed by atoms with van der Waals surface area (Å²) >= 11 is 0. The molecular weight excluding hydrogens is 312 g/mol. The van der Waals surface area contributed by atoms with Gasteiger partial charge in [-0.3, -0.25) is 0 Å². The van der Waals surface area contributed by atoms with Crippen molar-refractivity contribution in [1.82, 2.24) is 0 Å². The molecule has 1 rings (SSSR count). The Hall–Kier alpha value is -0.646. The van der Waals surface area contributed by atoms with E-state index in [0.717, 1.165) is 15.9 Å². The van der Waals surface area contributed by atoms with Crippen molar-refractivity contribution in [3.63, 3.8) is 0 Å². The lowest BCUT2D eigenvalue weighted by atomic mass is 10.1. The molecule has 23 heavy (non-hydrogen) atoms. The minimum absolute atomic E-state index is 0.229. The molecule has 1 nitrogen and oxygen atoms in total. The molecule has 2 radical (unpaired) electrons. The zero-order valence-electron chi connectivity index (χ0n) is 15.7.